The number of hydrogen-bond donors (Lipinski definition) is 3. The van der Waals surface area contributed by atoms with Crippen molar-refractivity contribution in [3.63, 3.8) is 0 Å². The number of nitrogens with zero attached hydrogens (tertiary/aromatic N) is 6. The second-order valence-corrected chi connectivity index (χ2v) is 9.14. The zero-order valence-electron chi connectivity index (χ0n) is 19.4. The summed E-state index contributed by atoms with van der Waals surface area (Å²) in [6.45, 7) is 1.96. The summed E-state index contributed by atoms with van der Waals surface area (Å²) in [6, 6.07) is 6.04. The van der Waals surface area contributed by atoms with Crippen LogP contribution in [0.5, 0.6) is 0 Å². The van der Waals surface area contributed by atoms with E-state index in [1.807, 2.05) is 36.0 Å². The van der Waals surface area contributed by atoms with Gasteiger partial charge in [-0.05, 0) is 38.0 Å². The molecule has 1 saturated carbocycles. The average Bonchev–Trinajstić information content (AvgIpc) is 3.30. The Hall–Kier alpha value is -4.86. The van der Waals surface area contributed by atoms with Crippen molar-refractivity contribution in [1.82, 2.24) is 39.7 Å². The van der Waals surface area contributed by atoms with E-state index in [1.165, 1.54) is 0 Å². The number of aromatic amines is 2. The number of aromatic nitrogens is 8. The molecular formula is C26H21N9O. The number of fused-ring (bicyclic) bond motifs is 2. The summed E-state index contributed by atoms with van der Waals surface area (Å²) < 4.78 is 1.97. The van der Waals surface area contributed by atoms with Crippen LogP contribution in [0.25, 0.3) is 50.1 Å². The quantitative estimate of drug-likeness (QED) is 0.339. The molecule has 1 aliphatic rings. The normalized spacial score (nSPS) is 13.5. The summed E-state index contributed by atoms with van der Waals surface area (Å²) in [6.07, 6.45) is 14.5. The van der Waals surface area contributed by atoms with Crippen LogP contribution in [0.2, 0.25) is 0 Å². The summed E-state index contributed by atoms with van der Waals surface area (Å²) >= 11 is 0. The van der Waals surface area contributed by atoms with E-state index in [9.17, 15) is 4.79 Å². The molecule has 0 bridgehead atoms. The van der Waals surface area contributed by atoms with Gasteiger partial charge in [-0.25, -0.2) is 9.97 Å². The lowest BCUT2D eigenvalue weighted by Crippen LogP contribution is -2.13. The van der Waals surface area contributed by atoms with Crippen molar-refractivity contribution in [3.8, 4) is 28.2 Å². The second kappa shape index (κ2) is 7.84. The Morgan fingerprint density at radius 2 is 1.86 bits per heavy atom. The standard InChI is InChI=1S/C26H21N9O/c1-14-12-35(13-30-14)23-11-28-10-22-19(23)6-21(32-22)24-20-5-17(8-29-25(20)34-33-24)16-4-18(9-27-7-16)31-26(36)15-2-3-15/h4-13,15,32H,2-3H2,1H3,(H,31,36)(H,29,33,34). The van der Waals surface area contributed by atoms with Gasteiger partial charge in [-0.1, -0.05) is 0 Å². The number of aryl methyl sites for hydroxylation is 1. The van der Waals surface area contributed by atoms with Crippen LogP contribution in [0.1, 0.15) is 18.5 Å². The molecule has 6 heterocycles. The number of nitrogens with one attached hydrogen (secondary N) is 3. The van der Waals surface area contributed by atoms with E-state index < -0.39 is 0 Å². The van der Waals surface area contributed by atoms with Crippen molar-refractivity contribution in [2.75, 3.05) is 5.32 Å². The van der Waals surface area contributed by atoms with E-state index in [0.717, 1.165) is 63.0 Å². The Balaban J connectivity index is 1.28. The number of imidazole rings is 1. The van der Waals surface area contributed by atoms with Gasteiger partial charge in [-0.3, -0.25) is 19.9 Å². The molecule has 0 aliphatic heterocycles. The van der Waals surface area contributed by atoms with Crippen molar-refractivity contribution < 1.29 is 4.79 Å². The Labute approximate surface area is 204 Å². The van der Waals surface area contributed by atoms with Gasteiger partial charge < -0.3 is 14.9 Å². The van der Waals surface area contributed by atoms with Crippen LogP contribution in [0.4, 0.5) is 5.69 Å². The highest BCUT2D eigenvalue weighted by Crippen LogP contribution is 2.33. The van der Waals surface area contributed by atoms with Gasteiger partial charge in [0, 0.05) is 46.4 Å². The maximum atomic E-state index is 12.2. The smallest absolute Gasteiger partial charge is 0.227 e. The molecule has 10 heteroatoms. The first-order valence-electron chi connectivity index (χ1n) is 11.7. The van der Waals surface area contributed by atoms with Gasteiger partial charge in [0.05, 0.1) is 58.9 Å². The molecule has 3 N–H and O–H groups in total. The molecule has 6 aromatic rings. The van der Waals surface area contributed by atoms with Crippen LogP contribution in [-0.4, -0.2) is 45.6 Å². The largest absolute Gasteiger partial charge is 0.352 e. The number of anilines is 1. The molecule has 0 unspecified atom stereocenters. The van der Waals surface area contributed by atoms with E-state index in [4.69, 9.17) is 0 Å². The van der Waals surface area contributed by atoms with Crippen LogP contribution < -0.4 is 5.32 Å². The summed E-state index contributed by atoms with van der Waals surface area (Å²) in [5.74, 6) is 0.183. The highest BCUT2D eigenvalue weighted by atomic mass is 16.2. The fraction of sp³-hybridized carbons (Fsp3) is 0.154. The number of hydrogen-bond acceptors (Lipinski definition) is 6. The molecule has 1 aliphatic carbocycles. The van der Waals surface area contributed by atoms with E-state index in [-0.39, 0.29) is 11.8 Å². The summed E-state index contributed by atoms with van der Waals surface area (Å²) in [5.41, 5.74) is 7.53. The third-order valence-corrected chi connectivity index (χ3v) is 6.48. The minimum absolute atomic E-state index is 0.0539. The molecule has 176 valence electrons. The van der Waals surface area contributed by atoms with Gasteiger partial charge in [0.1, 0.15) is 0 Å². The van der Waals surface area contributed by atoms with Crippen LogP contribution in [0, 0.1) is 12.8 Å². The topological polar surface area (TPSA) is 130 Å². The monoisotopic (exact) mass is 475 g/mol. The van der Waals surface area contributed by atoms with Crippen LogP contribution in [-0.2, 0) is 4.79 Å². The third kappa shape index (κ3) is 3.50. The van der Waals surface area contributed by atoms with E-state index >= 15 is 0 Å². The zero-order valence-corrected chi connectivity index (χ0v) is 19.4. The summed E-state index contributed by atoms with van der Waals surface area (Å²) in [7, 11) is 0. The summed E-state index contributed by atoms with van der Waals surface area (Å²) in [4.78, 5) is 33.3. The van der Waals surface area contributed by atoms with Crippen molar-refractivity contribution in [2.45, 2.75) is 19.8 Å². The van der Waals surface area contributed by atoms with Crippen molar-refractivity contribution in [2.24, 2.45) is 5.92 Å². The highest BCUT2D eigenvalue weighted by molar-refractivity contribution is 5.98. The van der Waals surface area contributed by atoms with E-state index in [0.29, 0.717) is 11.3 Å². The lowest BCUT2D eigenvalue weighted by molar-refractivity contribution is -0.117. The minimum Gasteiger partial charge on any atom is -0.352 e. The molecule has 6 aromatic heterocycles. The molecule has 0 radical (unpaired) electrons. The second-order valence-electron chi connectivity index (χ2n) is 9.14. The molecule has 0 saturated heterocycles. The fourth-order valence-corrected chi connectivity index (χ4v) is 4.45. The molecule has 1 amide bonds. The molecule has 7 rings (SSSR count). The Morgan fingerprint density at radius 1 is 1.00 bits per heavy atom. The number of pyridine rings is 3. The molecule has 0 atom stereocenters. The van der Waals surface area contributed by atoms with Crippen LogP contribution in [0.3, 0.4) is 0 Å². The maximum absolute atomic E-state index is 12.2. The predicted molar refractivity (Wildman–Crippen MR) is 135 cm³/mol. The molecule has 0 spiro atoms. The van der Waals surface area contributed by atoms with Gasteiger partial charge in [-0.2, -0.15) is 5.10 Å². The SMILES string of the molecule is Cc1cn(-c2cncc3[nH]c(-c4[nH]nc5ncc(-c6cncc(NC(=O)C7CC7)c6)cc45)cc23)cn1. The molecule has 10 nitrogen and oxygen atoms in total. The maximum Gasteiger partial charge on any atom is 0.227 e. The number of rotatable bonds is 5. The van der Waals surface area contributed by atoms with Crippen LogP contribution in [0.15, 0.2) is 61.7 Å². The van der Waals surface area contributed by atoms with Gasteiger partial charge >= 0.3 is 0 Å². The third-order valence-electron chi connectivity index (χ3n) is 6.48. The fourth-order valence-electron chi connectivity index (χ4n) is 4.45. The van der Waals surface area contributed by atoms with Gasteiger partial charge in [-0.15, -0.1) is 0 Å². The molecule has 1 fully saturated rings. The lowest BCUT2D eigenvalue weighted by atomic mass is 10.1. The predicted octanol–water partition coefficient (Wildman–Crippen LogP) is 4.41. The van der Waals surface area contributed by atoms with Gasteiger partial charge in [0.25, 0.3) is 0 Å². The number of H-pyrrole nitrogens is 2. The molecular weight excluding hydrogens is 454 g/mol. The van der Waals surface area contributed by atoms with E-state index in [1.54, 1.807) is 31.1 Å². The van der Waals surface area contributed by atoms with Gasteiger partial charge in [0.15, 0.2) is 5.65 Å². The van der Waals surface area contributed by atoms with Crippen molar-refractivity contribution >= 4 is 33.5 Å². The number of carbonyl (C=O) groups excluding carboxylic acids is 1. The van der Waals surface area contributed by atoms with Gasteiger partial charge in [0.2, 0.25) is 5.91 Å². The van der Waals surface area contributed by atoms with E-state index in [2.05, 4.69) is 46.5 Å². The zero-order chi connectivity index (χ0) is 24.2. The summed E-state index contributed by atoms with van der Waals surface area (Å²) in [5, 5.41) is 12.4. The number of carbonyl (C=O) groups is 1. The Bertz CT molecular complexity index is 1770. The number of amides is 1. The Kier molecular flexibility index (Phi) is 4.47. The first kappa shape index (κ1) is 20.5. The average molecular weight is 476 g/mol. The minimum atomic E-state index is 0.0539. The van der Waals surface area contributed by atoms with Crippen molar-refractivity contribution in [1.29, 1.82) is 0 Å². The molecule has 0 aromatic carbocycles. The first-order chi connectivity index (χ1) is 17.6. The van der Waals surface area contributed by atoms with Crippen molar-refractivity contribution in [3.05, 3.63) is 67.4 Å². The lowest BCUT2D eigenvalue weighted by Gasteiger charge is -2.07. The Morgan fingerprint density at radius 3 is 2.69 bits per heavy atom. The molecule has 36 heavy (non-hydrogen) atoms. The highest BCUT2D eigenvalue weighted by Gasteiger charge is 2.29. The first-order valence-corrected chi connectivity index (χ1v) is 11.7. The van der Waals surface area contributed by atoms with Crippen LogP contribution >= 0.6 is 0 Å².